The Kier molecular flexibility index (Phi) is 6.31. The lowest BCUT2D eigenvalue weighted by Crippen LogP contribution is -2.30. The SMILES string of the molecule is CCN(CC)S(=O)(=O)c1ccc(NCC(C)C)c([N+](=O)[O-])c1. The van der Waals surface area contributed by atoms with Gasteiger partial charge in [0, 0.05) is 25.7 Å². The second-order valence-electron chi connectivity index (χ2n) is 5.30. The highest BCUT2D eigenvalue weighted by Gasteiger charge is 2.25. The van der Waals surface area contributed by atoms with Crippen molar-refractivity contribution in [1.82, 2.24) is 4.31 Å². The average Bonchev–Trinajstić information content (AvgIpc) is 2.45. The summed E-state index contributed by atoms with van der Waals surface area (Å²) in [5, 5.41) is 14.2. The predicted octanol–water partition coefficient (Wildman–Crippen LogP) is 2.69. The van der Waals surface area contributed by atoms with Crippen LogP contribution in [0.3, 0.4) is 0 Å². The highest BCUT2D eigenvalue weighted by molar-refractivity contribution is 7.89. The van der Waals surface area contributed by atoms with Gasteiger partial charge in [0.2, 0.25) is 10.0 Å². The summed E-state index contributed by atoms with van der Waals surface area (Å²) < 4.78 is 26.1. The predicted molar refractivity (Wildman–Crippen MR) is 86.5 cm³/mol. The zero-order valence-electron chi connectivity index (χ0n) is 13.4. The molecule has 22 heavy (non-hydrogen) atoms. The van der Waals surface area contributed by atoms with Crippen LogP contribution in [-0.2, 0) is 10.0 Å². The minimum atomic E-state index is -3.70. The van der Waals surface area contributed by atoms with Crippen molar-refractivity contribution < 1.29 is 13.3 Å². The van der Waals surface area contributed by atoms with E-state index in [0.717, 1.165) is 6.07 Å². The molecule has 0 aromatic heterocycles. The van der Waals surface area contributed by atoms with E-state index in [0.29, 0.717) is 31.2 Å². The first-order chi connectivity index (χ1) is 10.2. The minimum Gasteiger partial charge on any atom is -0.379 e. The van der Waals surface area contributed by atoms with E-state index in [9.17, 15) is 18.5 Å². The van der Waals surface area contributed by atoms with Crippen LogP contribution in [0, 0.1) is 16.0 Å². The fourth-order valence-corrected chi connectivity index (χ4v) is 3.48. The largest absolute Gasteiger partial charge is 0.379 e. The lowest BCUT2D eigenvalue weighted by atomic mass is 10.2. The van der Waals surface area contributed by atoms with Crippen LogP contribution in [0.5, 0.6) is 0 Å². The quantitative estimate of drug-likeness (QED) is 0.584. The first kappa shape index (κ1) is 18.4. The van der Waals surface area contributed by atoms with E-state index >= 15 is 0 Å². The van der Waals surface area contributed by atoms with Crippen molar-refractivity contribution in [2.24, 2.45) is 5.92 Å². The van der Waals surface area contributed by atoms with Crippen LogP contribution in [0.1, 0.15) is 27.7 Å². The zero-order valence-corrected chi connectivity index (χ0v) is 14.2. The van der Waals surface area contributed by atoms with Crippen molar-refractivity contribution in [3.63, 3.8) is 0 Å². The molecule has 1 rings (SSSR count). The summed E-state index contributed by atoms with van der Waals surface area (Å²) in [4.78, 5) is 10.6. The molecule has 0 fully saturated rings. The van der Waals surface area contributed by atoms with Crippen molar-refractivity contribution in [3.8, 4) is 0 Å². The molecule has 1 aromatic carbocycles. The third-order valence-corrected chi connectivity index (χ3v) is 5.26. The average molecular weight is 329 g/mol. The second-order valence-corrected chi connectivity index (χ2v) is 7.24. The van der Waals surface area contributed by atoms with Crippen LogP contribution in [0.4, 0.5) is 11.4 Å². The van der Waals surface area contributed by atoms with Gasteiger partial charge in [0.1, 0.15) is 5.69 Å². The summed E-state index contributed by atoms with van der Waals surface area (Å²) in [6.45, 7) is 8.64. The lowest BCUT2D eigenvalue weighted by Gasteiger charge is -2.18. The van der Waals surface area contributed by atoms with Crippen LogP contribution >= 0.6 is 0 Å². The topological polar surface area (TPSA) is 92.6 Å². The van der Waals surface area contributed by atoms with Crippen LogP contribution in [0.25, 0.3) is 0 Å². The molecule has 0 saturated carbocycles. The van der Waals surface area contributed by atoms with E-state index in [1.54, 1.807) is 13.8 Å². The molecule has 1 aromatic rings. The van der Waals surface area contributed by atoms with Gasteiger partial charge in [-0.2, -0.15) is 4.31 Å². The van der Waals surface area contributed by atoms with Crippen molar-refractivity contribution in [2.75, 3.05) is 25.0 Å². The number of benzene rings is 1. The molecule has 124 valence electrons. The second kappa shape index (κ2) is 7.55. The Morgan fingerprint density at radius 2 is 1.86 bits per heavy atom. The first-order valence-corrected chi connectivity index (χ1v) is 8.70. The Morgan fingerprint density at radius 3 is 2.32 bits per heavy atom. The lowest BCUT2D eigenvalue weighted by molar-refractivity contribution is -0.384. The summed E-state index contributed by atoms with van der Waals surface area (Å²) in [6.07, 6.45) is 0. The van der Waals surface area contributed by atoms with Crippen molar-refractivity contribution in [1.29, 1.82) is 0 Å². The number of hydrogen-bond acceptors (Lipinski definition) is 5. The van der Waals surface area contributed by atoms with E-state index in [-0.39, 0.29) is 10.6 Å². The third kappa shape index (κ3) is 4.17. The summed E-state index contributed by atoms with van der Waals surface area (Å²) in [7, 11) is -3.70. The monoisotopic (exact) mass is 329 g/mol. The van der Waals surface area contributed by atoms with E-state index in [4.69, 9.17) is 0 Å². The Bertz CT molecular complexity index is 625. The van der Waals surface area contributed by atoms with Gasteiger partial charge in [-0.15, -0.1) is 0 Å². The van der Waals surface area contributed by atoms with Crippen LogP contribution < -0.4 is 5.32 Å². The Morgan fingerprint density at radius 1 is 1.27 bits per heavy atom. The van der Waals surface area contributed by atoms with Crippen molar-refractivity contribution in [2.45, 2.75) is 32.6 Å². The molecule has 1 N–H and O–H groups in total. The molecule has 0 spiro atoms. The van der Waals surface area contributed by atoms with E-state index < -0.39 is 14.9 Å². The molecule has 0 bridgehead atoms. The van der Waals surface area contributed by atoms with Crippen molar-refractivity contribution in [3.05, 3.63) is 28.3 Å². The molecule has 0 aliphatic carbocycles. The number of nitro groups is 1. The van der Waals surface area contributed by atoms with Gasteiger partial charge in [0.25, 0.3) is 5.69 Å². The summed E-state index contributed by atoms with van der Waals surface area (Å²) in [5.41, 5.74) is 0.103. The van der Waals surface area contributed by atoms with Gasteiger partial charge in [0.05, 0.1) is 9.82 Å². The Balaban J connectivity index is 3.26. The maximum Gasteiger partial charge on any atom is 0.293 e. The van der Waals surface area contributed by atoms with Gasteiger partial charge in [-0.3, -0.25) is 10.1 Å². The third-order valence-electron chi connectivity index (χ3n) is 3.21. The number of nitrogens with zero attached hydrogens (tertiary/aromatic N) is 2. The zero-order chi connectivity index (χ0) is 16.9. The maximum absolute atomic E-state index is 12.4. The van der Waals surface area contributed by atoms with Gasteiger partial charge < -0.3 is 5.32 Å². The number of hydrogen-bond donors (Lipinski definition) is 1. The number of rotatable bonds is 8. The van der Waals surface area contributed by atoms with E-state index in [1.165, 1.54) is 16.4 Å². The normalized spacial score (nSPS) is 11.9. The first-order valence-electron chi connectivity index (χ1n) is 7.26. The highest BCUT2D eigenvalue weighted by Crippen LogP contribution is 2.29. The highest BCUT2D eigenvalue weighted by atomic mass is 32.2. The fraction of sp³-hybridized carbons (Fsp3) is 0.571. The number of nitro benzene ring substituents is 1. The summed E-state index contributed by atoms with van der Waals surface area (Å²) in [6, 6.07) is 3.98. The summed E-state index contributed by atoms with van der Waals surface area (Å²) in [5.74, 6) is 0.318. The molecule has 0 heterocycles. The molecular weight excluding hydrogens is 306 g/mol. The maximum atomic E-state index is 12.4. The molecule has 0 saturated heterocycles. The Hall–Kier alpha value is -1.67. The smallest absolute Gasteiger partial charge is 0.293 e. The molecule has 0 aliphatic rings. The van der Waals surface area contributed by atoms with E-state index in [1.807, 2.05) is 13.8 Å². The molecule has 0 amide bonds. The molecule has 0 unspecified atom stereocenters. The van der Waals surface area contributed by atoms with Gasteiger partial charge in [-0.1, -0.05) is 27.7 Å². The molecule has 8 heteroatoms. The standard InChI is InChI=1S/C14H23N3O4S/c1-5-16(6-2)22(20,21)12-7-8-13(15-10-11(3)4)14(9-12)17(18)19/h7-9,11,15H,5-6,10H2,1-4H3. The number of sulfonamides is 1. The molecule has 0 radical (unpaired) electrons. The van der Waals surface area contributed by atoms with Crippen LogP contribution in [0.15, 0.2) is 23.1 Å². The number of nitrogens with one attached hydrogen (secondary N) is 1. The van der Waals surface area contributed by atoms with Crippen LogP contribution in [-0.4, -0.2) is 37.3 Å². The fourth-order valence-electron chi connectivity index (χ4n) is 2.00. The van der Waals surface area contributed by atoms with Gasteiger partial charge in [0.15, 0.2) is 0 Å². The minimum absolute atomic E-state index is 0.0574. The van der Waals surface area contributed by atoms with E-state index in [2.05, 4.69) is 5.32 Å². The molecule has 0 aliphatic heterocycles. The molecule has 0 atom stereocenters. The Labute approximate surface area is 131 Å². The number of anilines is 1. The summed E-state index contributed by atoms with van der Waals surface area (Å²) >= 11 is 0. The van der Waals surface area contributed by atoms with Gasteiger partial charge >= 0.3 is 0 Å². The molecule has 7 nitrogen and oxygen atoms in total. The molecular formula is C14H23N3O4S. The van der Waals surface area contributed by atoms with Crippen LogP contribution in [0.2, 0.25) is 0 Å². The van der Waals surface area contributed by atoms with Gasteiger partial charge in [-0.25, -0.2) is 8.42 Å². The van der Waals surface area contributed by atoms with Gasteiger partial charge in [-0.05, 0) is 18.1 Å². The van der Waals surface area contributed by atoms with Crippen molar-refractivity contribution >= 4 is 21.4 Å².